The molecule has 0 saturated heterocycles. The van der Waals surface area contributed by atoms with Crippen LogP contribution in [0.5, 0.6) is 0 Å². The Hall–Kier alpha value is -1.73. The number of nitrogens with zero attached hydrogens (tertiary/aromatic N) is 2. The van der Waals surface area contributed by atoms with E-state index in [1.54, 1.807) is 0 Å². The average molecular weight is 519 g/mol. The molecular formula is C32H48N2Ni. The zero-order valence-corrected chi connectivity index (χ0v) is 23.9. The summed E-state index contributed by atoms with van der Waals surface area (Å²) in [6.07, 6.45) is 17.3. The van der Waals surface area contributed by atoms with Gasteiger partial charge in [-0.2, -0.15) is 0 Å². The Morgan fingerprint density at radius 3 is 1.29 bits per heavy atom. The number of rotatable bonds is 16. The molecule has 196 valence electrons. The first-order chi connectivity index (χ1) is 16.6. The van der Waals surface area contributed by atoms with Crippen LogP contribution in [0.2, 0.25) is 0 Å². The monoisotopic (exact) mass is 518 g/mol. The number of hydrogen-bond acceptors (Lipinski definition) is 2. The molecule has 0 amide bonds. The van der Waals surface area contributed by atoms with Crippen LogP contribution in [0.25, 0.3) is 0 Å². The van der Waals surface area contributed by atoms with Crippen molar-refractivity contribution < 1.29 is 16.5 Å². The van der Waals surface area contributed by atoms with Crippen molar-refractivity contribution in [1.82, 2.24) is 0 Å². The largest absolute Gasteiger partial charge is 0.255 e. The summed E-state index contributed by atoms with van der Waals surface area (Å²) < 4.78 is 0. The van der Waals surface area contributed by atoms with Crippen LogP contribution in [0.3, 0.4) is 0 Å². The van der Waals surface area contributed by atoms with Crippen LogP contribution >= 0.6 is 0 Å². The molecule has 35 heavy (non-hydrogen) atoms. The van der Waals surface area contributed by atoms with Gasteiger partial charge in [-0.3, -0.25) is 9.98 Å². The van der Waals surface area contributed by atoms with Crippen molar-refractivity contribution in [2.45, 2.75) is 118 Å². The number of unbranched alkanes of at least 4 members (excludes halogenated alkanes) is 4. The van der Waals surface area contributed by atoms with E-state index in [1.807, 2.05) is 6.21 Å². The third kappa shape index (κ3) is 12.2. The van der Waals surface area contributed by atoms with Crippen LogP contribution in [-0.2, 0) is 42.2 Å². The Bertz CT molecular complexity index is 861. The molecule has 2 aromatic rings. The van der Waals surface area contributed by atoms with Crippen LogP contribution < -0.4 is 0 Å². The number of aliphatic imine (C=N–C) groups is 2. The van der Waals surface area contributed by atoms with Crippen LogP contribution in [0.4, 0.5) is 11.4 Å². The summed E-state index contributed by atoms with van der Waals surface area (Å²) in [7, 11) is 0. The quantitative estimate of drug-likeness (QED) is 0.156. The average Bonchev–Trinajstić information content (AvgIpc) is 2.86. The standard InChI is InChI=1S/C32H48N2.Ni/c1-6-11-15-26-19-27(16-12-7-2)22-31(21-26)33-25-30(10-5)34-32-23-28(17-13-8-3)20-29(24-32)18-14-9-4;/h19-25H,6-18H2,1-5H3;. The van der Waals surface area contributed by atoms with Crippen molar-refractivity contribution >= 4 is 23.3 Å². The molecule has 0 atom stereocenters. The molecule has 0 aliphatic carbocycles. The predicted molar refractivity (Wildman–Crippen MR) is 153 cm³/mol. The molecule has 2 nitrogen and oxygen atoms in total. The fourth-order valence-electron chi connectivity index (χ4n) is 4.24. The molecule has 2 aromatic carbocycles. The SMILES string of the molecule is CCCCc1cc(CCCC)cc(N=CC(CC)=Nc2cc(CCCC)cc(CCCC)c2)c1.[Ni]. The van der Waals surface area contributed by atoms with E-state index in [4.69, 9.17) is 9.98 Å². The van der Waals surface area contributed by atoms with E-state index in [-0.39, 0.29) is 16.5 Å². The molecular weight excluding hydrogens is 471 g/mol. The molecule has 0 heterocycles. The number of hydrogen-bond donors (Lipinski definition) is 0. The van der Waals surface area contributed by atoms with Crippen molar-refractivity contribution in [1.29, 1.82) is 0 Å². The van der Waals surface area contributed by atoms with Crippen LogP contribution in [0.1, 0.15) is 115 Å². The Kier molecular flexibility index (Phi) is 16.6. The Labute approximate surface area is 226 Å². The van der Waals surface area contributed by atoms with Gasteiger partial charge in [-0.25, -0.2) is 0 Å². The van der Waals surface area contributed by atoms with Gasteiger partial charge in [0.05, 0.1) is 17.1 Å². The van der Waals surface area contributed by atoms with Gasteiger partial charge in [0, 0.05) is 22.7 Å². The molecule has 3 heteroatoms. The predicted octanol–water partition coefficient (Wildman–Crippen LogP) is 9.94. The van der Waals surface area contributed by atoms with Crippen molar-refractivity contribution in [2.24, 2.45) is 9.98 Å². The van der Waals surface area contributed by atoms with E-state index >= 15 is 0 Å². The van der Waals surface area contributed by atoms with Gasteiger partial charge >= 0.3 is 0 Å². The maximum Gasteiger partial charge on any atom is 0.0639 e. The molecule has 0 fully saturated rings. The van der Waals surface area contributed by atoms with E-state index in [1.165, 1.54) is 73.6 Å². The molecule has 0 bridgehead atoms. The fraction of sp³-hybridized carbons (Fsp3) is 0.562. The Balaban J connectivity index is 0.00000612. The first-order valence-corrected chi connectivity index (χ1v) is 14.0. The van der Waals surface area contributed by atoms with Gasteiger partial charge in [0.1, 0.15) is 0 Å². The minimum absolute atomic E-state index is 0. The zero-order chi connectivity index (χ0) is 24.6. The molecule has 0 aliphatic rings. The molecule has 0 radical (unpaired) electrons. The van der Waals surface area contributed by atoms with Gasteiger partial charge in [-0.05, 0) is 104 Å². The number of aryl methyl sites for hydroxylation is 4. The van der Waals surface area contributed by atoms with Crippen molar-refractivity contribution in [3.8, 4) is 0 Å². The van der Waals surface area contributed by atoms with E-state index in [0.29, 0.717) is 0 Å². The molecule has 0 saturated carbocycles. The third-order valence-corrected chi connectivity index (χ3v) is 6.35. The maximum atomic E-state index is 5.04. The molecule has 0 spiro atoms. The van der Waals surface area contributed by atoms with Crippen molar-refractivity contribution in [3.05, 3.63) is 58.7 Å². The van der Waals surface area contributed by atoms with Crippen molar-refractivity contribution in [3.63, 3.8) is 0 Å². The summed E-state index contributed by atoms with van der Waals surface area (Å²) in [6.45, 7) is 11.2. The second kappa shape index (κ2) is 18.5. The summed E-state index contributed by atoms with van der Waals surface area (Å²) in [4.78, 5) is 9.94. The van der Waals surface area contributed by atoms with Gasteiger partial charge in [0.2, 0.25) is 0 Å². The second-order valence-corrected chi connectivity index (χ2v) is 9.64. The Morgan fingerprint density at radius 1 is 0.571 bits per heavy atom. The van der Waals surface area contributed by atoms with Crippen LogP contribution in [0, 0.1) is 0 Å². The van der Waals surface area contributed by atoms with Crippen molar-refractivity contribution in [2.75, 3.05) is 0 Å². The molecule has 2 rings (SSSR count). The van der Waals surface area contributed by atoms with Crippen LogP contribution in [-0.4, -0.2) is 11.9 Å². The maximum absolute atomic E-state index is 5.04. The molecule has 0 unspecified atom stereocenters. The van der Waals surface area contributed by atoms with Gasteiger partial charge in [-0.15, -0.1) is 0 Å². The molecule has 0 N–H and O–H groups in total. The summed E-state index contributed by atoms with van der Waals surface area (Å²) in [5.41, 5.74) is 8.88. The second-order valence-electron chi connectivity index (χ2n) is 9.64. The topological polar surface area (TPSA) is 24.7 Å². The van der Waals surface area contributed by atoms with E-state index < -0.39 is 0 Å². The minimum atomic E-state index is 0. The van der Waals surface area contributed by atoms with Gasteiger partial charge in [0.25, 0.3) is 0 Å². The fourth-order valence-corrected chi connectivity index (χ4v) is 4.24. The molecule has 0 aromatic heterocycles. The first kappa shape index (κ1) is 31.3. The smallest absolute Gasteiger partial charge is 0.0639 e. The normalized spacial score (nSPS) is 11.7. The Morgan fingerprint density at radius 2 is 0.943 bits per heavy atom. The van der Waals surface area contributed by atoms with E-state index in [2.05, 4.69) is 71.0 Å². The van der Waals surface area contributed by atoms with Gasteiger partial charge < -0.3 is 0 Å². The van der Waals surface area contributed by atoms with E-state index in [9.17, 15) is 0 Å². The van der Waals surface area contributed by atoms with Crippen LogP contribution in [0.15, 0.2) is 46.4 Å². The number of benzene rings is 2. The third-order valence-electron chi connectivity index (χ3n) is 6.35. The van der Waals surface area contributed by atoms with Gasteiger partial charge in [0.15, 0.2) is 0 Å². The minimum Gasteiger partial charge on any atom is -0.255 e. The summed E-state index contributed by atoms with van der Waals surface area (Å²) >= 11 is 0. The summed E-state index contributed by atoms with van der Waals surface area (Å²) in [6, 6.07) is 13.9. The zero-order valence-electron chi connectivity index (χ0n) is 22.9. The van der Waals surface area contributed by atoms with E-state index in [0.717, 1.165) is 49.2 Å². The summed E-state index contributed by atoms with van der Waals surface area (Å²) in [5, 5.41) is 0. The van der Waals surface area contributed by atoms with Gasteiger partial charge in [-0.1, -0.05) is 72.4 Å². The first-order valence-electron chi connectivity index (χ1n) is 14.0. The molecule has 0 aliphatic heterocycles. The summed E-state index contributed by atoms with van der Waals surface area (Å²) in [5.74, 6) is 0.